The lowest BCUT2D eigenvalue weighted by Crippen LogP contribution is -2.36. The molecule has 0 aromatic carbocycles. The van der Waals surface area contributed by atoms with Crippen molar-refractivity contribution in [2.45, 2.75) is 19.9 Å². The lowest BCUT2D eigenvalue weighted by molar-refractivity contribution is 0.102. The van der Waals surface area contributed by atoms with Crippen LogP contribution in [-0.2, 0) is 17.7 Å². The SMILES string of the molecule is CCOC(=O)N1CCc2nccc(Cl)c2C1. The van der Waals surface area contributed by atoms with Gasteiger partial charge in [0.15, 0.2) is 0 Å². The molecular weight excluding hydrogens is 228 g/mol. The predicted molar refractivity (Wildman–Crippen MR) is 60.4 cm³/mol. The number of ether oxygens (including phenoxy) is 1. The average molecular weight is 241 g/mol. The normalized spacial score (nSPS) is 14.5. The molecule has 1 aromatic heterocycles. The van der Waals surface area contributed by atoms with Gasteiger partial charge in [0.25, 0.3) is 0 Å². The fourth-order valence-corrected chi connectivity index (χ4v) is 2.00. The van der Waals surface area contributed by atoms with Gasteiger partial charge in [-0.3, -0.25) is 4.98 Å². The van der Waals surface area contributed by atoms with Gasteiger partial charge in [0.2, 0.25) is 0 Å². The first kappa shape index (κ1) is 11.2. The second-order valence-corrected chi connectivity index (χ2v) is 4.00. The zero-order chi connectivity index (χ0) is 11.5. The molecule has 4 nitrogen and oxygen atoms in total. The molecule has 0 saturated carbocycles. The Kier molecular flexibility index (Phi) is 3.29. The summed E-state index contributed by atoms with van der Waals surface area (Å²) in [5.74, 6) is 0. The minimum atomic E-state index is -0.284. The molecule has 1 aliphatic heterocycles. The highest BCUT2D eigenvalue weighted by atomic mass is 35.5. The molecule has 0 fully saturated rings. The summed E-state index contributed by atoms with van der Waals surface area (Å²) in [6.45, 7) is 3.31. The van der Waals surface area contributed by atoms with Crippen LogP contribution in [0.2, 0.25) is 5.02 Å². The molecule has 0 aliphatic carbocycles. The maximum absolute atomic E-state index is 11.6. The number of fused-ring (bicyclic) bond motifs is 1. The van der Waals surface area contributed by atoms with Crippen molar-refractivity contribution in [2.75, 3.05) is 13.2 Å². The molecule has 0 unspecified atom stereocenters. The number of pyridine rings is 1. The Labute approximate surface area is 99.2 Å². The van der Waals surface area contributed by atoms with E-state index >= 15 is 0 Å². The Balaban J connectivity index is 2.17. The highest BCUT2D eigenvalue weighted by Crippen LogP contribution is 2.24. The molecule has 2 heterocycles. The van der Waals surface area contributed by atoms with Crippen molar-refractivity contribution in [3.8, 4) is 0 Å². The summed E-state index contributed by atoms with van der Waals surface area (Å²) in [5, 5.41) is 0.666. The Bertz CT molecular complexity index is 409. The zero-order valence-electron chi connectivity index (χ0n) is 9.07. The smallest absolute Gasteiger partial charge is 0.410 e. The van der Waals surface area contributed by atoms with E-state index in [4.69, 9.17) is 16.3 Å². The highest BCUT2D eigenvalue weighted by Gasteiger charge is 2.23. The lowest BCUT2D eigenvalue weighted by Gasteiger charge is -2.27. The second kappa shape index (κ2) is 4.70. The number of halogens is 1. The fraction of sp³-hybridized carbons (Fsp3) is 0.455. The Morgan fingerprint density at radius 1 is 1.69 bits per heavy atom. The molecular formula is C11H13ClN2O2. The van der Waals surface area contributed by atoms with Gasteiger partial charge in [0, 0.05) is 35.4 Å². The van der Waals surface area contributed by atoms with Crippen LogP contribution in [0.4, 0.5) is 4.79 Å². The summed E-state index contributed by atoms with van der Waals surface area (Å²) < 4.78 is 4.96. The molecule has 86 valence electrons. The van der Waals surface area contributed by atoms with Crippen LogP contribution >= 0.6 is 11.6 Å². The van der Waals surface area contributed by atoms with Crippen molar-refractivity contribution < 1.29 is 9.53 Å². The van der Waals surface area contributed by atoms with Crippen molar-refractivity contribution >= 4 is 17.7 Å². The Morgan fingerprint density at radius 3 is 3.25 bits per heavy atom. The van der Waals surface area contributed by atoms with E-state index in [1.807, 2.05) is 0 Å². The monoisotopic (exact) mass is 240 g/mol. The molecule has 0 atom stereocenters. The first-order valence-electron chi connectivity index (χ1n) is 5.26. The maximum atomic E-state index is 11.6. The molecule has 16 heavy (non-hydrogen) atoms. The van der Waals surface area contributed by atoms with Crippen LogP contribution in [0.3, 0.4) is 0 Å². The van der Waals surface area contributed by atoms with E-state index in [2.05, 4.69) is 4.98 Å². The van der Waals surface area contributed by atoms with Crippen LogP contribution < -0.4 is 0 Å². The Hall–Kier alpha value is -1.29. The van der Waals surface area contributed by atoms with Gasteiger partial charge < -0.3 is 9.64 Å². The van der Waals surface area contributed by atoms with Crippen molar-refractivity contribution in [3.05, 3.63) is 28.5 Å². The molecule has 1 aliphatic rings. The molecule has 0 radical (unpaired) electrons. The van der Waals surface area contributed by atoms with Crippen molar-refractivity contribution in [2.24, 2.45) is 0 Å². The van der Waals surface area contributed by atoms with Crippen LogP contribution in [0.1, 0.15) is 18.2 Å². The standard InChI is InChI=1S/C11H13ClN2O2/c1-2-16-11(15)14-6-4-10-8(7-14)9(12)3-5-13-10/h3,5H,2,4,6-7H2,1H3. The summed E-state index contributed by atoms with van der Waals surface area (Å²) >= 11 is 6.07. The number of amides is 1. The van der Waals surface area contributed by atoms with Gasteiger partial charge in [-0.25, -0.2) is 4.79 Å². The molecule has 0 saturated heterocycles. The average Bonchev–Trinajstić information content (AvgIpc) is 2.29. The summed E-state index contributed by atoms with van der Waals surface area (Å²) in [6.07, 6.45) is 2.14. The third-order valence-corrected chi connectivity index (χ3v) is 2.94. The molecule has 1 aromatic rings. The number of aromatic nitrogens is 1. The van der Waals surface area contributed by atoms with E-state index in [0.717, 1.165) is 17.7 Å². The maximum Gasteiger partial charge on any atom is 0.410 e. The molecule has 0 spiro atoms. The number of hydrogen-bond donors (Lipinski definition) is 0. The minimum absolute atomic E-state index is 0.284. The van der Waals surface area contributed by atoms with Gasteiger partial charge in [0.05, 0.1) is 13.2 Å². The summed E-state index contributed by atoms with van der Waals surface area (Å²) in [6, 6.07) is 1.75. The minimum Gasteiger partial charge on any atom is -0.450 e. The van der Waals surface area contributed by atoms with E-state index in [-0.39, 0.29) is 6.09 Å². The van der Waals surface area contributed by atoms with Gasteiger partial charge >= 0.3 is 6.09 Å². The number of carbonyl (C=O) groups is 1. The van der Waals surface area contributed by atoms with Crippen LogP contribution in [0.25, 0.3) is 0 Å². The van der Waals surface area contributed by atoms with E-state index in [0.29, 0.717) is 24.7 Å². The van der Waals surface area contributed by atoms with Crippen molar-refractivity contribution in [1.82, 2.24) is 9.88 Å². The first-order valence-corrected chi connectivity index (χ1v) is 5.64. The quantitative estimate of drug-likeness (QED) is 0.756. The van der Waals surface area contributed by atoms with E-state index in [9.17, 15) is 4.79 Å². The molecule has 2 rings (SSSR count). The topological polar surface area (TPSA) is 42.4 Å². The first-order chi connectivity index (χ1) is 7.72. The molecule has 0 N–H and O–H groups in total. The van der Waals surface area contributed by atoms with Crippen LogP contribution in [-0.4, -0.2) is 29.1 Å². The predicted octanol–water partition coefficient (Wildman–Crippen LogP) is 2.25. The number of hydrogen-bond acceptors (Lipinski definition) is 3. The van der Waals surface area contributed by atoms with Crippen LogP contribution in [0.5, 0.6) is 0 Å². The van der Waals surface area contributed by atoms with E-state index < -0.39 is 0 Å². The van der Waals surface area contributed by atoms with Crippen molar-refractivity contribution in [1.29, 1.82) is 0 Å². The second-order valence-electron chi connectivity index (χ2n) is 3.59. The van der Waals surface area contributed by atoms with Gasteiger partial charge in [0.1, 0.15) is 0 Å². The summed E-state index contributed by atoms with van der Waals surface area (Å²) in [7, 11) is 0. The largest absolute Gasteiger partial charge is 0.450 e. The van der Waals surface area contributed by atoms with Crippen molar-refractivity contribution in [3.63, 3.8) is 0 Å². The molecule has 5 heteroatoms. The number of rotatable bonds is 1. The van der Waals surface area contributed by atoms with Gasteiger partial charge in [-0.05, 0) is 13.0 Å². The number of nitrogens with zero attached hydrogens (tertiary/aromatic N) is 2. The third kappa shape index (κ3) is 2.11. The third-order valence-electron chi connectivity index (χ3n) is 2.58. The van der Waals surface area contributed by atoms with E-state index in [1.54, 1.807) is 24.1 Å². The van der Waals surface area contributed by atoms with Gasteiger partial charge in [-0.1, -0.05) is 11.6 Å². The van der Waals surface area contributed by atoms with Crippen LogP contribution in [0.15, 0.2) is 12.3 Å². The van der Waals surface area contributed by atoms with E-state index in [1.165, 1.54) is 0 Å². The lowest BCUT2D eigenvalue weighted by atomic mass is 10.1. The summed E-state index contributed by atoms with van der Waals surface area (Å²) in [5.41, 5.74) is 1.91. The molecule has 1 amide bonds. The molecule has 0 bridgehead atoms. The van der Waals surface area contributed by atoms with Gasteiger partial charge in [-0.2, -0.15) is 0 Å². The number of carbonyl (C=O) groups excluding carboxylic acids is 1. The van der Waals surface area contributed by atoms with Gasteiger partial charge in [-0.15, -0.1) is 0 Å². The fourth-order valence-electron chi connectivity index (χ4n) is 1.77. The highest BCUT2D eigenvalue weighted by molar-refractivity contribution is 6.31. The Morgan fingerprint density at radius 2 is 2.50 bits per heavy atom. The summed E-state index contributed by atoms with van der Waals surface area (Å²) in [4.78, 5) is 17.5. The van der Waals surface area contributed by atoms with Crippen LogP contribution in [0, 0.1) is 0 Å². The zero-order valence-corrected chi connectivity index (χ0v) is 9.83.